The van der Waals surface area contributed by atoms with Crippen LogP contribution >= 0.6 is 0 Å². The number of benzene rings is 2. The van der Waals surface area contributed by atoms with Crippen LogP contribution in [0.5, 0.6) is 0 Å². The second-order valence-electron chi connectivity index (χ2n) is 10.8. The number of hydrogen-bond acceptors (Lipinski definition) is 6. The molecule has 2 aromatic carbocycles. The van der Waals surface area contributed by atoms with Crippen LogP contribution < -0.4 is 16.0 Å². The maximum atomic E-state index is 14.9. The number of alkyl carbamates (subject to hydrolysis) is 1. The monoisotopic (exact) mass is 674 g/mol. The van der Waals surface area contributed by atoms with Gasteiger partial charge in [0.1, 0.15) is 24.8 Å². The van der Waals surface area contributed by atoms with Gasteiger partial charge in [0.2, 0.25) is 5.91 Å². The van der Waals surface area contributed by atoms with E-state index in [2.05, 4.69) is 15.6 Å². The van der Waals surface area contributed by atoms with Crippen molar-refractivity contribution in [2.45, 2.75) is 49.7 Å². The number of carbonyl (C=O) groups excluding carboxylic acids is 2. The molecule has 3 atom stereocenters. The van der Waals surface area contributed by atoms with Crippen molar-refractivity contribution in [2.24, 2.45) is 0 Å². The molecule has 1 fully saturated rings. The first-order chi connectivity index (χ1) is 22.2. The van der Waals surface area contributed by atoms with Gasteiger partial charge in [0.25, 0.3) is 0 Å². The van der Waals surface area contributed by atoms with E-state index in [1.807, 2.05) is 0 Å². The summed E-state index contributed by atoms with van der Waals surface area (Å²) in [7, 11) is 0. The third-order valence-corrected chi connectivity index (χ3v) is 7.31. The summed E-state index contributed by atoms with van der Waals surface area (Å²) in [4.78, 5) is 28.5. The lowest BCUT2D eigenvalue weighted by Gasteiger charge is -2.30. The number of pyridine rings is 1. The minimum absolute atomic E-state index is 0.0639. The Morgan fingerprint density at radius 3 is 2.23 bits per heavy atom. The third kappa shape index (κ3) is 10.9. The van der Waals surface area contributed by atoms with Crippen LogP contribution in [0, 0.1) is 11.6 Å². The van der Waals surface area contributed by atoms with Crippen molar-refractivity contribution in [3.63, 3.8) is 0 Å². The van der Waals surface area contributed by atoms with Gasteiger partial charge in [0.15, 0.2) is 0 Å². The smallest absolute Gasteiger partial charge is 0.416 e. The van der Waals surface area contributed by atoms with Gasteiger partial charge in [-0.05, 0) is 48.2 Å². The average Bonchev–Trinajstić information content (AvgIpc) is 3.02. The molecule has 2 heterocycles. The first kappa shape index (κ1) is 35.5. The molecular weight excluding hydrogens is 644 g/mol. The van der Waals surface area contributed by atoms with Crippen molar-refractivity contribution in [2.75, 3.05) is 31.6 Å². The van der Waals surface area contributed by atoms with Crippen molar-refractivity contribution in [3.8, 4) is 0 Å². The SMILES string of the molecule is O=C(C[C@H](c1ccc(F)cc1)c1ccc(C(F)(F)F)cc1)Nc1cncc(F)c1CC[C@@H]1CN[C@H](COC(=O)NCC(F)(F)F)CO1. The van der Waals surface area contributed by atoms with Crippen molar-refractivity contribution in [1.82, 2.24) is 15.6 Å². The fourth-order valence-corrected chi connectivity index (χ4v) is 4.90. The molecule has 47 heavy (non-hydrogen) atoms. The van der Waals surface area contributed by atoms with Gasteiger partial charge in [0, 0.05) is 24.4 Å². The molecule has 1 aliphatic heterocycles. The number of amides is 2. The van der Waals surface area contributed by atoms with Crippen molar-refractivity contribution < 1.29 is 54.2 Å². The van der Waals surface area contributed by atoms with Crippen LogP contribution in [-0.4, -0.2) is 61.6 Å². The first-order valence-corrected chi connectivity index (χ1v) is 14.3. The van der Waals surface area contributed by atoms with Gasteiger partial charge in [-0.2, -0.15) is 26.3 Å². The lowest BCUT2D eigenvalue weighted by atomic mass is 9.87. The van der Waals surface area contributed by atoms with E-state index in [4.69, 9.17) is 9.47 Å². The van der Waals surface area contributed by atoms with Gasteiger partial charge >= 0.3 is 18.4 Å². The van der Waals surface area contributed by atoms with Crippen LogP contribution in [0.15, 0.2) is 60.9 Å². The molecule has 1 saturated heterocycles. The van der Waals surface area contributed by atoms with Gasteiger partial charge in [-0.1, -0.05) is 24.3 Å². The normalized spacial score (nSPS) is 17.5. The molecule has 2 amide bonds. The number of nitrogens with one attached hydrogen (secondary N) is 3. The molecule has 8 nitrogen and oxygen atoms in total. The molecule has 4 rings (SSSR count). The zero-order valence-corrected chi connectivity index (χ0v) is 24.6. The lowest BCUT2D eigenvalue weighted by Crippen LogP contribution is -2.49. The summed E-state index contributed by atoms with van der Waals surface area (Å²) in [5, 5.41) is 7.27. The number of hydrogen-bond donors (Lipinski definition) is 3. The molecule has 1 aliphatic rings. The summed E-state index contributed by atoms with van der Waals surface area (Å²) in [5.74, 6) is -2.57. The number of carbonyl (C=O) groups is 2. The molecule has 0 saturated carbocycles. The zero-order valence-electron chi connectivity index (χ0n) is 24.6. The van der Waals surface area contributed by atoms with E-state index < -0.39 is 66.2 Å². The van der Waals surface area contributed by atoms with E-state index >= 15 is 0 Å². The quantitative estimate of drug-likeness (QED) is 0.212. The minimum Gasteiger partial charge on any atom is -0.448 e. The topological polar surface area (TPSA) is 102 Å². The van der Waals surface area contributed by atoms with E-state index in [1.165, 1.54) is 42.6 Å². The Morgan fingerprint density at radius 2 is 1.64 bits per heavy atom. The number of anilines is 1. The third-order valence-electron chi connectivity index (χ3n) is 7.31. The Hall–Kier alpha value is -4.31. The molecular formula is C31H30F8N4O4. The van der Waals surface area contributed by atoms with Crippen LogP contribution in [0.1, 0.15) is 41.0 Å². The number of ether oxygens (including phenoxy) is 2. The van der Waals surface area contributed by atoms with E-state index in [9.17, 15) is 44.7 Å². The minimum atomic E-state index is -4.57. The summed E-state index contributed by atoms with van der Waals surface area (Å²) < 4.78 is 115. The summed E-state index contributed by atoms with van der Waals surface area (Å²) >= 11 is 0. The van der Waals surface area contributed by atoms with Crippen LogP contribution in [0.3, 0.4) is 0 Å². The second kappa shape index (κ2) is 15.5. The first-order valence-electron chi connectivity index (χ1n) is 14.3. The summed E-state index contributed by atoms with van der Waals surface area (Å²) in [5.41, 5.74) is 0.209. The maximum absolute atomic E-state index is 14.9. The van der Waals surface area contributed by atoms with Crippen LogP contribution in [0.2, 0.25) is 0 Å². The molecule has 0 bridgehead atoms. The van der Waals surface area contributed by atoms with Crippen LogP contribution in [0.25, 0.3) is 0 Å². The molecule has 254 valence electrons. The van der Waals surface area contributed by atoms with E-state index in [0.717, 1.165) is 18.3 Å². The predicted octanol–water partition coefficient (Wildman–Crippen LogP) is 6.12. The lowest BCUT2D eigenvalue weighted by molar-refractivity contribution is -0.137. The number of rotatable bonds is 11. The molecule has 0 unspecified atom stereocenters. The van der Waals surface area contributed by atoms with Gasteiger partial charge in [0.05, 0.1) is 42.4 Å². The van der Waals surface area contributed by atoms with Gasteiger partial charge in [-0.15, -0.1) is 0 Å². The highest BCUT2D eigenvalue weighted by Crippen LogP contribution is 2.34. The van der Waals surface area contributed by atoms with Crippen molar-refractivity contribution >= 4 is 17.7 Å². The fourth-order valence-electron chi connectivity index (χ4n) is 4.90. The molecule has 0 radical (unpaired) electrons. The number of aromatic nitrogens is 1. The standard InChI is InChI=1S/C31H30F8N4O4/c32-21-7-3-19(4-8-21)25(18-1-5-20(6-2-18)31(37,38)39)11-28(44)43-27-14-40-13-26(33)24(27)10-9-23-12-41-22(15-46-23)16-47-29(45)42-17-30(34,35)36/h1-8,13-14,22-23,25,41H,9-12,15-17H2,(H,42,45)(H,43,44)/t22-,23+,25-/m0/s1. The summed E-state index contributed by atoms with van der Waals surface area (Å²) in [6.45, 7) is -1.44. The molecule has 1 aromatic heterocycles. The molecule has 0 spiro atoms. The van der Waals surface area contributed by atoms with Crippen molar-refractivity contribution in [1.29, 1.82) is 0 Å². The Kier molecular flexibility index (Phi) is 11.7. The van der Waals surface area contributed by atoms with Gasteiger partial charge < -0.3 is 25.4 Å². The number of nitrogens with zero attached hydrogens (tertiary/aromatic N) is 1. The van der Waals surface area contributed by atoms with E-state index in [0.29, 0.717) is 17.5 Å². The predicted molar refractivity (Wildman–Crippen MR) is 152 cm³/mol. The molecule has 3 N–H and O–H groups in total. The highest BCUT2D eigenvalue weighted by Gasteiger charge is 2.31. The Bertz CT molecular complexity index is 1490. The van der Waals surface area contributed by atoms with Crippen LogP contribution in [-0.2, 0) is 26.9 Å². The Morgan fingerprint density at radius 1 is 0.979 bits per heavy atom. The van der Waals surface area contributed by atoms with E-state index in [-0.39, 0.29) is 43.9 Å². The number of morpholine rings is 1. The highest BCUT2D eigenvalue weighted by molar-refractivity contribution is 5.92. The van der Waals surface area contributed by atoms with Crippen molar-refractivity contribution in [3.05, 3.63) is 94.8 Å². The summed E-state index contributed by atoms with van der Waals surface area (Å²) in [6.07, 6.45) is -8.39. The number of alkyl halides is 6. The number of halogens is 8. The van der Waals surface area contributed by atoms with Gasteiger partial charge in [-0.3, -0.25) is 9.78 Å². The molecule has 16 heteroatoms. The summed E-state index contributed by atoms with van der Waals surface area (Å²) in [6, 6.07) is 9.01. The molecule has 0 aliphatic carbocycles. The Labute approximate surface area is 263 Å². The average molecular weight is 675 g/mol. The van der Waals surface area contributed by atoms with E-state index in [1.54, 1.807) is 5.32 Å². The maximum Gasteiger partial charge on any atom is 0.416 e. The zero-order chi connectivity index (χ0) is 34.2. The molecule has 3 aromatic rings. The second-order valence-corrected chi connectivity index (χ2v) is 10.8. The fraction of sp³-hybridized carbons (Fsp3) is 0.387. The highest BCUT2D eigenvalue weighted by atomic mass is 19.4. The largest absolute Gasteiger partial charge is 0.448 e. The van der Waals surface area contributed by atoms with Crippen LogP contribution in [0.4, 0.5) is 45.6 Å². The van der Waals surface area contributed by atoms with Gasteiger partial charge in [-0.25, -0.2) is 13.6 Å². The Balaban J connectivity index is 1.35.